The molecule has 0 radical (unpaired) electrons. The van der Waals surface area contributed by atoms with Gasteiger partial charge in [0.2, 0.25) is 0 Å². The molecular weight excluding hydrogens is 405 g/mol. The zero-order chi connectivity index (χ0) is 16.2. The van der Waals surface area contributed by atoms with Gasteiger partial charge in [-0.3, -0.25) is 4.99 Å². The first-order valence-electron chi connectivity index (χ1n) is 7.86. The van der Waals surface area contributed by atoms with Crippen LogP contribution in [0.2, 0.25) is 0 Å². The lowest BCUT2D eigenvalue weighted by Gasteiger charge is -2.15. The van der Waals surface area contributed by atoms with E-state index in [0.29, 0.717) is 12.5 Å². The van der Waals surface area contributed by atoms with Gasteiger partial charge in [0.1, 0.15) is 5.75 Å². The summed E-state index contributed by atoms with van der Waals surface area (Å²) in [6.07, 6.45) is 0.961. The molecule has 0 aliphatic heterocycles. The zero-order valence-electron chi connectivity index (χ0n) is 14.6. The monoisotopic (exact) mass is 435 g/mol. The fourth-order valence-corrected chi connectivity index (χ4v) is 2.17. The number of ether oxygens (including phenoxy) is 2. The van der Waals surface area contributed by atoms with Crippen LogP contribution in [-0.4, -0.2) is 46.4 Å². The lowest BCUT2D eigenvalue weighted by Crippen LogP contribution is -2.38. The summed E-state index contributed by atoms with van der Waals surface area (Å²) in [5.74, 6) is 2.06. The molecule has 0 heterocycles. The predicted octanol–water partition coefficient (Wildman–Crippen LogP) is 3.01. The third kappa shape index (κ3) is 8.41. The number of nitrogens with one attached hydrogen (secondary N) is 2. The summed E-state index contributed by atoms with van der Waals surface area (Å²) in [7, 11) is 3.42. The largest absolute Gasteiger partial charge is 0.496 e. The van der Waals surface area contributed by atoms with E-state index in [-0.39, 0.29) is 24.0 Å². The summed E-state index contributed by atoms with van der Waals surface area (Å²) in [6.45, 7) is 7.39. The highest BCUT2D eigenvalue weighted by Gasteiger charge is 2.10. The van der Waals surface area contributed by atoms with E-state index in [1.165, 1.54) is 5.56 Å². The number of benzene rings is 1. The van der Waals surface area contributed by atoms with E-state index in [9.17, 15) is 0 Å². The molecule has 0 amide bonds. The second kappa shape index (κ2) is 13.4. The number of para-hydroxylation sites is 1. The van der Waals surface area contributed by atoms with E-state index in [4.69, 9.17) is 9.47 Å². The van der Waals surface area contributed by atoms with Gasteiger partial charge in [-0.1, -0.05) is 25.1 Å². The molecule has 0 aliphatic carbocycles. The van der Waals surface area contributed by atoms with Crippen LogP contribution in [0, 0.1) is 0 Å². The quantitative estimate of drug-likeness (QED) is 0.271. The van der Waals surface area contributed by atoms with Crippen LogP contribution in [0.4, 0.5) is 0 Å². The molecule has 1 aromatic carbocycles. The van der Waals surface area contributed by atoms with Gasteiger partial charge in [0, 0.05) is 39.3 Å². The Morgan fingerprint density at radius 2 is 1.96 bits per heavy atom. The molecular formula is C17H30IN3O2. The van der Waals surface area contributed by atoms with E-state index >= 15 is 0 Å². The average molecular weight is 435 g/mol. The van der Waals surface area contributed by atoms with Gasteiger partial charge in [-0.2, -0.15) is 0 Å². The Hall–Kier alpha value is -1.02. The SMILES string of the molecule is CCNC(=NCC(C)c1ccccc1OC)NCCCOC.I. The molecule has 1 unspecified atom stereocenters. The second-order valence-electron chi connectivity index (χ2n) is 5.14. The standard InChI is InChI=1S/C17H29N3O2.HI/c1-5-18-17(19-11-8-12-21-3)20-13-14(2)15-9-6-7-10-16(15)22-4;/h6-7,9-10,14H,5,8,11-13H2,1-4H3,(H2,18,19,20);1H. The molecule has 1 rings (SSSR count). The van der Waals surface area contributed by atoms with Crippen molar-refractivity contribution in [3.8, 4) is 5.75 Å². The lowest BCUT2D eigenvalue weighted by atomic mass is 10.0. The Morgan fingerprint density at radius 3 is 2.61 bits per heavy atom. The molecule has 5 nitrogen and oxygen atoms in total. The van der Waals surface area contributed by atoms with Crippen molar-refractivity contribution in [3.05, 3.63) is 29.8 Å². The summed E-state index contributed by atoms with van der Waals surface area (Å²) < 4.78 is 10.5. The van der Waals surface area contributed by atoms with Crippen molar-refractivity contribution in [3.63, 3.8) is 0 Å². The number of rotatable bonds is 9. The van der Waals surface area contributed by atoms with Crippen LogP contribution in [0.3, 0.4) is 0 Å². The highest BCUT2D eigenvalue weighted by Crippen LogP contribution is 2.26. The first-order valence-corrected chi connectivity index (χ1v) is 7.86. The summed E-state index contributed by atoms with van der Waals surface area (Å²) in [4.78, 5) is 4.66. The van der Waals surface area contributed by atoms with Crippen LogP contribution in [-0.2, 0) is 4.74 Å². The minimum Gasteiger partial charge on any atom is -0.496 e. The number of hydrogen-bond donors (Lipinski definition) is 2. The first kappa shape index (κ1) is 22.0. The topological polar surface area (TPSA) is 54.9 Å². The van der Waals surface area contributed by atoms with Gasteiger partial charge in [0.15, 0.2) is 5.96 Å². The molecule has 0 aliphatic rings. The Labute approximate surface area is 157 Å². The Kier molecular flexibility index (Phi) is 12.8. The van der Waals surface area contributed by atoms with Crippen LogP contribution >= 0.6 is 24.0 Å². The molecule has 0 aromatic heterocycles. The van der Waals surface area contributed by atoms with Crippen molar-refractivity contribution in [1.82, 2.24) is 10.6 Å². The predicted molar refractivity (Wildman–Crippen MR) is 107 cm³/mol. The van der Waals surface area contributed by atoms with E-state index in [1.54, 1.807) is 14.2 Å². The van der Waals surface area contributed by atoms with Crippen molar-refractivity contribution in [2.24, 2.45) is 4.99 Å². The number of hydrogen-bond acceptors (Lipinski definition) is 3. The highest BCUT2D eigenvalue weighted by atomic mass is 127. The summed E-state index contributed by atoms with van der Waals surface area (Å²) >= 11 is 0. The van der Waals surface area contributed by atoms with Gasteiger partial charge in [-0.25, -0.2) is 0 Å². The van der Waals surface area contributed by atoms with E-state index < -0.39 is 0 Å². The molecule has 0 saturated carbocycles. The molecule has 1 aromatic rings. The van der Waals surface area contributed by atoms with Crippen molar-refractivity contribution in [2.45, 2.75) is 26.2 Å². The summed E-state index contributed by atoms with van der Waals surface area (Å²) in [5, 5.41) is 6.58. The van der Waals surface area contributed by atoms with E-state index in [0.717, 1.165) is 37.8 Å². The van der Waals surface area contributed by atoms with Gasteiger partial charge in [-0.15, -0.1) is 24.0 Å². The van der Waals surface area contributed by atoms with Crippen molar-refractivity contribution >= 4 is 29.9 Å². The fraction of sp³-hybridized carbons (Fsp3) is 0.588. The minimum absolute atomic E-state index is 0. The van der Waals surface area contributed by atoms with Gasteiger partial charge in [0.25, 0.3) is 0 Å². The maximum absolute atomic E-state index is 5.42. The molecule has 0 saturated heterocycles. The number of methoxy groups -OCH3 is 2. The van der Waals surface area contributed by atoms with Gasteiger partial charge >= 0.3 is 0 Å². The van der Waals surface area contributed by atoms with Crippen molar-refractivity contribution < 1.29 is 9.47 Å². The molecule has 0 fully saturated rings. The van der Waals surface area contributed by atoms with Crippen LogP contribution in [0.1, 0.15) is 31.7 Å². The fourth-order valence-electron chi connectivity index (χ4n) is 2.17. The van der Waals surface area contributed by atoms with E-state index in [2.05, 4.69) is 35.5 Å². The molecule has 0 bridgehead atoms. The number of guanidine groups is 1. The third-order valence-corrected chi connectivity index (χ3v) is 3.36. The van der Waals surface area contributed by atoms with Crippen LogP contribution < -0.4 is 15.4 Å². The molecule has 6 heteroatoms. The Balaban J connectivity index is 0.00000484. The van der Waals surface area contributed by atoms with Crippen LogP contribution in [0.5, 0.6) is 5.75 Å². The zero-order valence-corrected chi connectivity index (χ0v) is 16.9. The first-order chi connectivity index (χ1) is 10.7. The van der Waals surface area contributed by atoms with Gasteiger partial charge in [0.05, 0.1) is 7.11 Å². The Bertz CT molecular complexity index is 455. The van der Waals surface area contributed by atoms with Crippen molar-refractivity contribution in [1.29, 1.82) is 0 Å². The number of nitrogens with zero attached hydrogens (tertiary/aromatic N) is 1. The highest BCUT2D eigenvalue weighted by molar-refractivity contribution is 14.0. The number of halogens is 1. The number of aliphatic imine (C=N–C) groups is 1. The van der Waals surface area contributed by atoms with E-state index in [1.807, 2.05) is 18.2 Å². The average Bonchev–Trinajstić information content (AvgIpc) is 2.56. The molecule has 1 atom stereocenters. The smallest absolute Gasteiger partial charge is 0.191 e. The van der Waals surface area contributed by atoms with Crippen LogP contribution in [0.25, 0.3) is 0 Å². The molecule has 2 N–H and O–H groups in total. The van der Waals surface area contributed by atoms with Gasteiger partial charge < -0.3 is 20.1 Å². The Morgan fingerprint density at radius 1 is 1.22 bits per heavy atom. The molecule has 132 valence electrons. The summed E-state index contributed by atoms with van der Waals surface area (Å²) in [6, 6.07) is 8.10. The maximum Gasteiger partial charge on any atom is 0.191 e. The summed E-state index contributed by atoms with van der Waals surface area (Å²) in [5.41, 5.74) is 1.18. The van der Waals surface area contributed by atoms with Crippen LogP contribution in [0.15, 0.2) is 29.3 Å². The minimum atomic E-state index is 0. The van der Waals surface area contributed by atoms with Gasteiger partial charge in [-0.05, 0) is 25.0 Å². The lowest BCUT2D eigenvalue weighted by molar-refractivity contribution is 0.195. The maximum atomic E-state index is 5.42. The molecule has 0 spiro atoms. The normalized spacial score (nSPS) is 12.3. The van der Waals surface area contributed by atoms with Crippen molar-refractivity contribution in [2.75, 3.05) is 40.5 Å². The molecule has 23 heavy (non-hydrogen) atoms. The third-order valence-electron chi connectivity index (χ3n) is 3.36. The second-order valence-corrected chi connectivity index (χ2v) is 5.14.